The molecule has 4 rings (SSSR count). The molecule has 1 saturated carbocycles. The summed E-state index contributed by atoms with van der Waals surface area (Å²) in [6, 6.07) is 2.98. The van der Waals surface area contributed by atoms with E-state index in [0.29, 0.717) is 30.1 Å². The first-order chi connectivity index (χ1) is 15.4. The second-order valence-corrected chi connectivity index (χ2v) is 9.07. The maximum atomic E-state index is 13.2. The average molecular weight is 494 g/mol. The third-order valence-electron chi connectivity index (χ3n) is 5.54. The molecule has 33 heavy (non-hydrogen) atoms. The number of piperidine rings is 1. The molecule has 0 radical (unpaired) electrons. The molecule has 1 aliphatic carbocycles. The van der Waals surface area contributed by atoms with Crippen molar-refractivity contribution < 1.29 is 35.9 Å². The van der Waals surface area contributed by atoms with E-state index in [4.69, 9.17) is 9.57 Å². The molecule has 1 unspecified atom stereocenters. The number of halogens is 6. The fraction of sp³-hybridized carbons (Fsp3) is 0.500. The lowest BCUT2D eigenvalue weighted by atomic mass is 9.95. The Hall–Kier alpha value is -2.70. The molecule has 13 heteroatoms. The van der Waals surface area contributed by atoms with Crippen LogP contribution in [0.25, 0.3) is 0 Å². The van der Waals surface area contributed by atoms with Crippen LogP contribution in [0.2, 0.25) is 0 Å². The van der Waals surface area contributed by atoms with Crippen molar-refractivity contribution in [3.63, 3.8) is 0 Å². The van der Waals surface area contributed by atoms with Crippen molar-refractivity contribution in [3.05, 3.63) is 41.0 Å². The predicted octanol–water partition coefficient (Wildman–Crippen LogP) is 5.29. The highest BCUT2D eigenvalue weighted by molar-refractivity contribution is 7.15. The lowest BCUT2D eigenvalue weighted by molar-refractivity contribution is -0.138. The van der Waals surface area contributed by atoms with Crippen LogP contribution in [-0.4, -0.2) is 29.4 Å². The molecule has 1 aliphatic heterocycles. The van der Waals surface area contributed by atoms with Crippen molar-refractivity contribution in [2.24, 2.45) is 11.8 Å². The normalized spacial score (nSPS) is 22.9. The number of hydrogen-bond donors (Lipinski definition) is 1. The number of rotatable bonds is 6. The maximum Gasteiger partial charge on any atom is 0.445 e. The smallest absolute Gasteiger partial charge is 0.445 e. The van der Waals surface area contributed by atoms with Crippen LogP contribution in [0.5, 0.6) is 11.5 Å². The monoisotopic (exact) mass is 494 g/mol. The first-order valence-corrected chi connectivity index (χ1v) is 10.9. The molecule has 2 fully saturated rings. The zero-order chi connectivity index (χ0) is 24.0. The van der Waals surface area contributed by atoms with Crippen LogP contribution in [0.15, 0.2) is 30.5 Å². The Balaban J connectivity index is 1.51. The molecule has 3 atom stereocenters. The summed E-state index contributed by atoms with van der Waals surface area (Å²) in [5.74, 6) is -0.0616. The van der Waals surface area contributed by atoms with Crippen molar-refractivity contribution >= 4 is 16.5 Å². The zero-order valence-corrected chi connectivity index (χ0v) is 18.2. The van der Waals surface area contributed by atoms with Gasteiger partial charge in [-0.3, -0.25) is 0 Å². The standard InChI is InChI=1S/C20H20F6N4O2S/c1-10(2)29-32-15-7-13(19(21,22)23)5-6-14(15)31-16-11-3-4-12(16)9-30(8-11)18-28-27-17(33-18)20(24,25)26/h5-7,11-12,16,29H,1,3-4,8-9H2,2H3/t11-,12+,16?. The van der Waals surface area contributed by atoms with E-state index in [2.05, 4.69) is 22.3 Å². The van der Waals surface area contributed by atoms with Crippen molar-refractivity contribution in [2.45, 2.75) is 38.2 Å². The highest BCUT2D eigenvalue weighted by Crippen LogP contribution is 2.44. The number of fused-ring (bicyclic) bond motifs is 2. The number of hydrogen-bond acceptors (Lipinski definition) is 7. The number of hydroxylamine groups is 1. The van der Waals surface area contributed by atoms with E-state index < -0.39 is 22.9 Å². The summed E-state index contributed by atoms with van der Waals surface area (Å²) in [4.78, 5) is 7.05. The SMILES string of the molecule is C=C(C)NOc1cc(C(F)(F)F)ccc1OC1[C@@H]2CC[C@H]1CN(c1nnc(C(F)(F)F)s1)C2. The Morgan fingerprint density at radius 2 is 1.73 bits per heavy atom. The number of ether oxygens (including phenoxy) is 1. The molecule has 1 aromatic carbocycles. The minimum absolute atomic E-state index is 0.0359. The predicted molar refractivity (Wildman–Crippen MR) is 108 cm³/mol. The average Bonchev–Trinajstić information content (AvgIpc) is 3.29. The third-order valence-corrected chi connectivity index (χ3v) is 6.57. The van der Waals surface area contributed by atoms with Crippen LogP contribution >= 0.6 is 11.3 Å². The lowest BCUT2D eigenvalue weighted by Crippen LogP contribution is -2.47. The van der Waals surface area contributed by atoms with Crippen LogP contribution in [0.4, 0.5) is 31.5 Å². The summed E-state index contributed by atoms with van der Waals surface area (Å²) in [5, 5.41) is 6.13. The number of nitrogens with one attached hydrogen (secondary N) is 1. The van der Waals surface area contributed by atoms with Crippen molar-refractivity contribution in [1.29, 1.82) is 0 Å². The molecule has 1 saturated heterocycles. The quantitative estimate of drug-likeness (QED) is 0.435. The van der Waals surface area contributed by atoms with Gasteiger partial charge in [0.1, 0.15) is 6.10 Å². The topological polar surface area (TPSA) is 59.5 Å². The molecule has 2 bridgehead atoms. The molecule has 0 amide bonds. The first kappa shape index (κ1) is 23.5. The number of aromatic nitrogens is 2. The van der Waals surface area contributed by atoms with E-state index in [1.54, 1.807) is 11.8 Å². The van der Waals surface area contributed by atoms with Crippen molar-refractivity contribution in [3.8, 4) is 11.5 Å². The number of anilines is 1. The Labute approximate surface area is 189 Å². The highest BCUT2D eigenvalue weighted by atomic mass is 32.1. The summed E-state index contributed by atoms with van der Waals surface area (Å²) in [7, 11) is 0. The van der Waals surface area contributed by atoms with Gasteiger partial charge >= 0.3 is 12.4 Å². The van der Waals surface area contributed by atoms with E-state index in [1.165, 1.54) is 6.07 Å². The fourth-order valence-electron chi connectivity index (χ4n) is 4.13. The molecular weight excluding hydrogens is 474 g/mol. The second-order valence-electron chi connectivity index (χ2n) is 8.12. The van der Waals surface area contributed by atoms with Gasteiger partial charge in [0.05, 0.1) is 5.56 Å². The van der Waals surface area contributed by atoms with Gasteiger partial charge in [-0.25, -0.2) is 5.48 Å². The third kappa shape index (κ3) is 5.12. The highest BCUT2D eigenvalue weighted by Gasteiger charge is 2.45. The molecule has 2 heterocycles. The number of alkyl halides is 6. The van der Waals surface area contributed by atoms with Gasteiger partial charge in [0, 0.05) is 30.6 Å². The molecule has 2 aliphatic rings. The molecule has 180 valence electrons. The minimum Gasteiger partial charge on any atom is -0.486 e. The van der Waals surface area contributed by atoms with Crippen LogP contribution < -0.4 is 20.0 Å². The van der Waals surface area contributed by atoms with Gasteiger partial charge in [0.15, 0.2) is 11.5 Å². The summed E-state index contributed by atoms with van der Waals surface area (Å²) < 4.78 is 84.2. The number of benzene rings is 1. The van der Waals surface area contributed by atoms with Crippen LogP contribution in [0.3, 0.4) is 0 Å². The molecular formula is C20H20F6N4O2S. The van der Waals surface area contributed by atoms with Crippen molar-refractivity contribution in [2.75, 3.05) is 18.0 Å². The Morgan fingerprint density at radius 3 is 2.27 bits per heavy atom. The van der Waals surface area contributed by atoms with E-state index in [9.17, 15) is 26.3 Å². The van der Waals surface area contributed by atoms with Gasteiger partial charge in [-0.2, -0.15) is 26.3 Å². The summed E-state index contributed by atoms with van der Waals surface area (Å²) >= 11 is 0.494. The second kappa shape index (κ2) is 8.58. The van der Waals surface area contributed by atoms with Gasteiger partial charge < -0.3 is 14.5 Å². The summed E-state index contributed by atoms with van der Waals surface area (Å²) in [5.41, 5.74) is 1.95. The van der Waals surface area contributed by atoms with Gasteiger partial charge in [-0.15, -0.1) is 10.2 Å². The Morgan fingerprint density at radius 1 is 1.06 bits per heavy atom. The van der Waals surface area contributed by atoms with Gasteiger partial charge in [-0.1, -0.05) is 17.9 Å². The zero-order valence-electron chi connectivity index (χ0n) is 17.3. The van der Waals surface area contributed by atoms with Gasteiger partial charge in [0.25, 0.3) is 0 Å². The Bertz CT molecular complexity index is 1010. The van der Waals surface area contributed by atoms with E-state index in [0.717, 1.165) is 25.0 Å². The van der Waals surface area contributed by atoms with Gasteiger partial charge in [0.2, 0.25) is 10.1 Å². The molecule has 0 spiro atoms. The summed E-state index contributed by atoms with van der Waals surface area (Å²) in [6.45, 7) is 6.00. The van der Waals surface area contributed by atoms with Gasteiger partial charge in [-0.05, 0) is 38.0 Å². The lowest BCUT2D eigenvalue weighted by Gasteiger charge is -2.37. The summed E-state index contributed by atoms with van der Waals surface area (Å²) in [6.07, 6.45) is -7.87. The molecule has 1 N–H and O–H groups in total. The van der Waals surface area contributed by atoms with Crippen LogP contribution in [0, 0.1) is 11.8 Å². The minimum atomic E-state index is -4.55. The Kier molecular flexibility index (Phi) is 6.10. The van der Waals surface area contributed by atoms with Crippen molar-refractivity contribution in [1.82, 2.24) is 15.7 Å². The number of nitrogens with zero attached hydrogens (tertiary/aromatic N) is 3. The maximum absolute atomic E-state index is 13.2. The van der Waals surface area contributed by atoms with Crippen LogP contribution in [0.1, 0.15) is 30.3 Å². The first-order valence-electron chi connectivity index (χ1n) is 10.0. The fourth-order valence-corrected chi connectivity index (χ4v) is 4.86. The van der Waals surface area contributed by atoms with E-state index >= 15 is 0 Å². The molecule has 2 aromatic rings. The molecule has 6 nitrogen and oxygen atoms in total. The van der Waals surface area contributed by atoms with E-state index in [-0.39, 0.29) is 34.6 Å². The van der Waals surface area contributed by atoms with Crippen LogP contribution in [-0.2, 0) is 12.4 Å². The molecule has 1 aromatic heterocycles. The largest absolute Gasteiger partial charge is 0.486 e. The number of allylic oxidation sites excluding steroid dienone is 1. The van der Waals surface area contributed by atoms with E-state index in [1.807, 2.05) is 0 Å².